The average molecular weight is 344 g/mol. The normalized spacial score (nSPS) is 17.6. The second-order valence-corrected chi connectivity index (χ2v) is 6.68. The predicted octanol–water partition coefficient (Wildman–Crippen LogP) is 1.87. The van der Waals surface area contributed by atoms with E-state index in [4.69, 9.17) is 4.74 Å². The van der Waals surface area contributed by atoms with Crippen molar-refractivity contribution in [1.29, 1.82) is 0 Å². The SMILES string of the molecule is Cc1c(N2Cc3cc(OC4CCNCC4)cc(F)c3C2)cn[nH]c1=O. The summed E-state index contributed by atoms with van der Waals surface area (Å²) in [6, 6.07) is 3.41. The molecule has 0 radical (unpaired) electrons. The van der Waals surface area contributed by atoms with Gasteiger partial charge in [0.2, 0.25) is 0 Å². The third-order valence-electron chi connectivity index (χ3n) is 4.98. The number of piperidine rings is 1. The number of hydrogen-bond acceptors (Lipinski definition) is 5. The Bertz CT molecular complexity index is 845. The molecule has 0 amide bonds. The van der Waals surface area contributed by atoms with Crippen LogP contribution in [0.5, 0.6) is 5.75 Å². The van der Waals surface area contributed by atoms with E-state index in [2.05, 4.69) is 15.5 Å². The standard InChI is InChI=1S/C18H21FN4O2/c1-11-17(8-21-22-18(11)24)23-9-12-6-14(7-16(19)15(12)10-23)25-13-2-4-20-5-3-13/h6-8,13,20H,2-5,9-10H2,1H3,(H,22,24). The fourth-order valence-corrected chi connectivity index (χ4v) is 3.55. The lowest BCUT2D eigenvalue weighted by molar-refractivity contribution is 0.162. The van der Waals surface area contributed by atoms with Gasteiger partial charge in [-0.1, -0.05) is 0 Å². The van der Waals surface area contributed by atoms with Gasteiger partial charge in [-0.3, -0.25) is 4.79 Å². The van der Waals surface area contributed by atoms with E-state index in [9.17, 15) is 9.18 Å². The van der Waals surface area contributed by atoms with Crippen LogP contribution in [0.3, 0.4) is 0 Å². The van der Waals surface area contributed by atoms with Crippen LogP contribution in [-0.2, 0) is 13.1 Å². The van der Waals surface area contributed by atoms with Gasteiger partial charge < -0.3 is 15.0 Å². The van der Waals surface area contributed by atoms with Gasteiger partial charge in [0.05, 0.1) is 11.9 Å². The summed E-state index contributed by atoms with van der Waals surface area (Å²) in [7, 11) is 0. The highest BCUT2D eigenvalue weighted by molar-refractivity contribution is 5.55. The summed E-state index contributed by atoms with van der Waals surface area (Å²) >= 11 is 0. The minimum Gasteiger partial charge on any atom is -0.490 e. The number of hydrogen-bond donors (Lipinski definition) is 2. The smallest absolute Gasteiger partial charge is 0.269 e. The minimum absolute atomic E-state index is 0.135. The summed E-state index contributed by atoms with van der Waals surface area (Å²) in [5.41, 5.74) is 2.68. The Morgan fingerprint density at radius 3 is 2.88 bits per heavy atom. The van der Waals surface area contributed by atoms with Gasteiger partial charge in [0.25, 0.3) is 5.56 Å². The first kappa shape index (κ1) is 16.1. The Morgan fingerprint density at radius 1 is 1.28 bits per heavy atom. The number of rotatable bonds is 3. The third-order valence-corrected chi connectivity index (χ3v) is 4.98. The summed E-state index contributed by atoms with van der Waals surface area (Å²) in [6.45, 7) is 4.59. The number of nitrogens with zero attached hydrogens (tertiary/aromatic N) is 2. The van der Waals surface area contributed by atoms with Crippen LogP contribution in [0, 0.1) is 12.7 Å². The zero-order valence-electron chi connectivity index (χ0n) is 14.1. The molecule has 132 valence electrons. The fraction of sp³-hybridized carbons (Fsp3) is 0.444. The number of fused-ring (bicyclic) bond motifs is 1. The average Bonchev–Trinajstić information content (AvgIpc) is 3.03. The van der Waals surface area contributed by atoms with E-state index in [1.54, 1.807) is 13.1 Å². The largest absolute Gasteiger partial charge is 0.490 e. The minimum atomic E-state index is -0.251. The highest BCUT2D eigenvalue weighted by Gasteiger charge is 2.26. The molecule has 2 aliphatic rings. The van der Waals surface area contributed by atoms with Crippen LogP contribution in [0.1, 0.15) is 29.5 Å². The van der Waals surface area contributed by atoms with Crippen molar-refractivity contribution < 1.29 is 9.13 Å². The zero-order valence-corrected chi connectivity index (χ0v) is 14.1. The lowest BCUT2D eigenvalue weighted by atomic mass is 10.1. The summed E-state index contributed by atoms with van der Waals surface area (Å²) in [5, 5.41) is 9.58. The van der Waals surface area contributed by atoms with Crippen molar-refractivity contribution in [2.75, 3.05) is 18.0 Å². The Hall–Kier alpha value is -2.41. The number of benzene rings is 1. The van der Waals surface area contributed by atoms with Crippen molar-refractivity contribution in [3.8, 4) is 5.75 Å². The zero-order chi connectivity index (χ0) is 17.4. The first-order chi connectivity index (χ1) is 12.1. The maximum atomic E-state index is 14.6. The van der Waals surface area contributed by atoms with Crippen molar-refractivity contribution in [2.45, 2.75) is 39.0 Å². The molecule has 0 saturated carbocycles. The van der Waals surface area contributed by atoms with Crippen LogP contribution in [0.15, 0.2) is 23.1 Å². The van der Waals surface area contributed by atoms with E-state index >= 15 is 0 Å². The van der Waals surface area contributed by atoms with E-state index in [1.807, 2.05) is 11.0 Å². The van der Waals surface area contributed by atoms with Crippen LogP contribution in [0.25, 0.3) is 0 Å². The van der Waals surface area contributed by atoms with E-state index in [1.165, 1.54) is 6.07 Å². The maximum Gasteiger partial charge on any atom is 0.269 e. The van der Waals surface area contributed by atoms with Crippen LogP contribution in [0.4, 0.5) is 10.1 Å². The molecule has 6 nitrogen and oxygen atoms in total. The number of aromatic amines is 1. The predicted molar refractivity (Wildman–Crippen MR) is 92.4 cm³/mol. The van der Waals surface area contributed by atoms with Crippen LogP contribution in [0.2, 0.25) is 0 Å². The molecule has 3 heterocycles. The Kier molecular flexibility index (Phi) is 4.17. The molecular weight excluding hydrogens is 323 g/mol. The molecule has 1 aromatic carbocycles. The van der Waals surface area contributed by atoms with Crippen molar-refractivity contribution >= 4 is 5.69 Å². The third kappa shape index (κ3) is 3.11. The molecule has 4 rings (SSSR count). The monoisotopic (exact) mass is 344 g/mol. The Labute approximate surface area is 145 Å². The molecule has 0 atom stereocenters. The molecule has 2 aliphatic heterocycles. The topological polar surface area (TPSA) is 70.2 Å². The molecule has 1 saturated heterocycles. The molecule has 0 bridgehead atoms. The first-order valence-corrected chi connectivity index (χ1v) is 8.59. The Morgan fingerprint density at radius 2 is 2.08 bits per heavy atom. The lowest BCUT2D eigenvalue weighted by Crippen LogP contribution is -2.34. The number of nitrogens with one attached hydrogen (secondary N) is 2. The van der Waals surface area contributed by atoms with Crippen LogP contribution >= 0.6 is 0 Å². The van der Waals surface area contributed by atoms with Crippen molar-refractivity contribution in [2.24, 2.45) is 0 Å². The lowest BCUT2D eigenvalue weighted by Gasteiger charge is -2.24. The molecule has 1 aromatic heterocycles. The highest BCUT2D eigenvalue weighted by atomic mass is 19.1. The summed E-state index contributed by atoms with van der Waals surface area (Å²) in [5.74, 6) is 0.338. The summed E-state index contributed by atoms with van der Waals surface area (Å²) < 4.78 is 20.6. The van der Waals surface area contributed by atoms with E-state index in [-0.39, 0.29) is 17.5 Å². The van der Waals surface area contributed by atoms with Crippen molar-refractivity contribution in [3.63, 3.8) is 0 Å². The number of aromatic nitrogens is 2. The van der Waals surface area contributed by atoms with Gasteiger partial charge in [-0.15, -0.1) is 0 Å². The van der Waals surface area contributed by atoms with Crippen LogP contribution < -0.4 is 20.5 Å². The first-order valence-electron chi connectivity index (χ1n) is 8.59. The number of H-pyrrole nitrogens is 1. The van der Waals surface area contributed by atoms with Crippen molar-refractivity contribution in [3.05, 3.63) is 51.2 Å². The van der Waals surface area contributed by atoms with Crippen LogP contribution in [-0.4, -0.2) is 29.4 Å². The van der Waals surface area contributed by atoms with Gasteiger partial charge in [0, 0.05) is 30.3 Å². The van der Waals surface area contributed by atoms with Gasteiger partial charge in [-0.25, -0.2) is 9.49 Å². The maximum absolute atomic E-state index is 14.6. The van der Waals surface area contributed by atoms with Gasteiger partial charge in [0.1, 0.15) is 17.7 Å². The van der Waals surface area contributed by atoms with E-state index in [0.29, 0.717) is 30.0 Å². The molecule has 0 unspecified atom stereocenters. The second kappa shape index (κ2) is 6.48. The number of ether oxygens (including phenoxy) is 1. The van der Waals surface area contributed by atoms with E-state index in [0.717, 1.165) is 37.2 Å². The molecule has 2 N–H and O–H groups in total. The molecule has 0 spiro atoms. The summed E-state index contributed by atoms with van der Waals surface area (Å²) in [4.78, 5) is 13.7. The highest BCUT2D eigenvalue weighted by Crippen LogP contribution is 2.33. The molecular formula is C18H21FN4O2. The fourth-order valence-electron chi connectivity index (χ4n) is 3.55. The summed E-state index contributed by atoms with van der Waals surface area (Å²) in [6.07, 6.45) is 3.62. The number of anilines is 1. The van der Waals surface area contributed by atoms with E-state index < -0.39 is 0 Å². The van der Waals surface area contributed by atoms with Gasteiger partial charge in [-0.05, 0) is 44.5 Å². The molecule has 0 aliphatic carbocycles. The molecule has 7 heteroatoms. The second-order valence-electron chi connectivity index (χ2n) is 6.68. The van der Waals surface area contributed by atoms with Crippen molar-refractivity contribution in [1.82, 2.24) is 15.5 Å². The molecule has 2 aromatic rings. The quantitative estimate of drug-likeness (QED) is 0.890. The van der Waals surface area contributed by atoms with Gasteiger partial charge in [-0.2, -0.15) is 5.10 Å². The molecule has 1 fully saturated rings. The Balaban J connectivity index is 1.57. The number of halogens is 1. The van der Waals surface area contributed by atoms with Gasteiger partial charge >= 0.3 is 0 Å². The van der Waals surface area contributed by atoms with Gasteiger partial charge in [0.15, 0.2) is 0 Å². The molecule has 25 heavy (non-hydrogen) atoms.